The van der Waals surface area contributed by atoms with E-state index in [4.69, 9.17) is 11.6 Å². The fourth-order valence-electron chi connectivity index (χ4n) is 1.45. The molecule has 0 fully saturated rings. The Morgan fingerprint density at radius 3 is 2.58 bits per heavy atom. The summed E-state index contributed by atoms with van der Waals surface area (Å²) in [4.78, 5) is 13.5. The number of aromatic nitrogens is 3. The smallest absolute Gasteiger partial charge is 0.228 e. The second-order valence-corrected chi connectivity index (χ2v) is 6.55. The highest BCUT2D eigenvalue weighted by molar-refractivity contribution is 9.11. The van der Waals surface area contributed by atoms with Crippen molar-refractivity contribution >= 4 is 50.8 Å². The normalized spacial score (nSPS) is 10.5. The van der Waals surface area contributed by atoms with Crippen molar-refractivity contribution in [1.29, 1.82) is 0 Å². The molecule has 19 heavy (non-hydrogen) atoms. The summed E-state index contributed by atoms with van der Waals surface area (Å²) in [5, 5.41) is 6.34. The summed E-state index contributed by atoms with van der Waals surface area (Å²) in [5.41, 5.74) is 0. The Morgan fingerprint density at radius 2 is 1.95 bits per heavy atom. The van der Waals surface area contributed by atoms with E-state index in [1.165, 1.54) is 4.88 Å². The molecular formula is C11H13BrClN5S. The van der Waals surface area contributed by atoms with E-state index in [2.05, 4.69) is 47.6 Å². The molecule has 0 radical (unpaired) electrons. The zero-order chi connectivity index (χ0) is 13.7. The first-order chi connectivity index (χ1) is 9.17. The number of halogens is 2. The minimum Gasteiger partial charge on any atom is -0.354 e. The summed E-state index contributed by atoms with van der Waals surface area (Å²) in [6, 6.07) is 4.14. The molecule has 0 saturated carbocycles. The third-order valence-electron chi connectivity index (χ3n) is 2.23. The van der Waals surface area contributed by atoms with Crippen LogP contribution in [0.25, 0.3) is 0 Å². The van der Waals surface area contributed by atoms with Crippen molar-refractivity contribution < 1.29 is 0 Å². The first kappa shape index (κ1) is 14.5. The van der Waals surface area contributed by atoms with Gasteiger partial charge >= 0.3 is 0 Å². The third kappa shape index (κ3) is 4.59. The van der Waals surface area contributed by atoms with Crippen molar-refractivity contribution in [3.8, 4) is 0 Å². The van der Waals surface area contributed by atoms with E-state index >= 15 is 0 Å². The van der Waals surface area contributed by atoms with Crippen LogP contribution in [-0.4, -0.2) is 28.0 Å². The quantitative estimate of drug-likeness (QED) is 0.824. The third-order valence-corrected chi connectivity index (χ3v) is 4.08. The molecule has 0 spiro atoms. The summed E-state index contributed by atoms with van der Waals surface area (Å²) >= 11 is 11.0. The molecule has 2 aromatic rings. The van der Waals surface area contributed by atoms with Gasteiger partial charge in [0.05, 0.1) is 3.79 Å². The van der Waals surface area contributed by atoms with Crippen molar-refractivity contribution in [2.75, 3.05) is 23.7 Å². The van der Waals surface area contributed by atoms with Crippen molar-refractivity contribution in [2.45, 2.75) is 13.3 Å². The number of nitrogens with zero attached hydrogens (tertiary/aromatic N) is 3. The van der Waals surface area contributed by atoms with Crippen LogP contribution in [-0.2, 0) is 6.42 Å². The highest BCUT2D eigenvalue weighted by atomic mass is 79.9. The number of nitrogens with one attached hydrogen (secondary N) is 2. The average Bonchev–Trinajstić information content (AvgIpc) is 2.75. The molecule has 0 unspecified atom stereocenters. The highest BCUT2D eigenvalue weighted by Gasteiger charge is 2.04. The highest BCUT2D eigenvalue weighted by Crippen LogP contribution is 2.22. The molecular weight excluding hydrogens is 350 g/mol. The van der Waals surface area contributed by atoms with Crippen LogP contribution >= 0.6 is 38.9 Å². The molecule has 2 aromatic heterocycles. The van der Waals surface area contributed by atoms with E-state index < -0.39 is 0 Å². The number of hydrogen-bond acceptors (Lipinski definition) is 6. The topological polar surface area (TPSA) is 62.7 Å². The predicted octanol–water partition coefficient (Wildman–Crippen LogP) is 3.44. The second kappa shape index (κ2) is 7.02. The van der Waals surface area contributed by atoms with Gasteiger partial charge in [0, 0.05) is 18.0 Å². The second-order valence-electron chi connectivity index (χ2n) is 3.66. The van der Waals surface area contributed by atoms with Crippen LogP contribution in [0.4, 0.5) is 11.9 Å². The lowest BCUT2D eigenvalue weighted by Gasteiger charge is -2.06. The molecule has 0 aliphatic rings. The zero-order valence-corrected chi connectivity index (χ0v) is 13.4. The first-order valence-electron chi connectivity index (χ1n) is 5.81. The summed E-state index contributed by atoms with van der Waals surface area (Å²) in [7, 11) is 0. The Kier molecular flexibility index (Phi) is 5.35. The maximum atomic E-state index is 5.84. The number of anilines is 2. The summed E-state index contributed by atoms with van der Waals surface area (Å²) in [6.07, 6.45) is 0.913. The molecule has 0 bridgehead atoms. The molecule has 2 rings (SSSR count). The number of hydrogen-bond donors (Lipinski definition) is 2. The van der Waals surface area contributed by atoms with Crippen molar-refractivity contribution in [3.05, 3.63) is 26.1 Å². The SMILES string of the molecule is CCNc1nc(Cl)nc(NCCc2ccc(Br)s2)n1. The molecule has 0 aromatic carbocycles. The van der Waals surface area contributed by atoms with Crippen molar-refractivity contribution in [3.63, 3.8) is 0 Å². The molecule has 5 nitrogen and oxygen atoms in total. The van der Waals surface area contributed by atoms with E-state index in [9.17, 15) is 0 Å². The zero-order valence-electron chi connectivity index (χ0n) is 10.3. The van der Waals surface area contributed by atoms with Gasteiger partial charge in [0.1, 0.15) is 0 Å². The predicted molar refractivity (Wildman–Crippen MR) is 83.2 cm³/mol. The van der Waals surface area contributed by atoms with Gasteiger partial charge in [-0.2, -0.15) is 15.0 Å². The Balaban J connectivity index is 1.91. The van der Waals surface area contributed by atoms with Crippen LogP contribution < -0.4 is 10.6 Å². The molecule has 0 aliphatic carbocycles. The van der Waals surface area contributed by atoms with E-state index in [-0.39, 0.29) is 5.28 Å². The van der Waals surface area contributed by atoms with Crippen molar-refractivity contribution in [2.24, 2.45) is 0 Å². The number of thiophene rings is 1. The Hall–Kier alpha value is -0.920. The van der Waals surface area contributed by atoms with Gasteiger partial charge < -0.3 is 10.6 Å². The maximum absolute atomic E-state index is 5.84. The molecule has 0 amide bonds. The summed E-state index contributed by atoms with van der Waals surface area (Å²) in [5.74, 6) is 0.982. The Bertz CT molecular complexity index is 548. The first-order valence-corrected chi connectivity index (χ1v) is 7.79. The molecule has 2 N–H and O–H groups in total. The Morgan fingerprint density at radius 1 is 1.21 bits per heavy atom. The summed E-state index contributed by atoms with van der Waals surface area (Å²) in [6.45, 7) is 3.46. The van der Waals surface area contributed by atoms with Gasteiger partial charge in [0.25, 0.3) is 0 Å². The van der Waals surface area contributed by atoms with E-state index in [0.29, 0.717) is 11.9 Å². The molecule has 8 heteroatoms. The van der Waals surface area contributed by atoms with Gasteiger partial charge in [-0.25, -0.2) is 0 Å². The van der Waals surface area contributed by atoms with Gasteiger partial charge in [0.15, 0.2) is 0 Å². The lowest BCUT2D eigenvalue weighted by molar-refractivity contribution is 0.966. The van der Waals surface area contributed by atoms with Gasteiger partial charge in [-0.15, -0.1) is 11.3 Å². The Labute approximate surface area is 129 Å². The minimum atomic E-state index is 0.187. The lowest BCUT2D eigenvalue weighted by atomic mass is 10.3. The van der Waals surface area contributed by atoms with Crippen LogP contribution in [0.1, 0.15) is 11.8 Å². The fourth-order valence-corrected chi connectivity index (χ4v) is 3.09. The van der Waals surface area contributed by atoms with E-state index in [0.717, 1.165) is 23.3 Å². The standard InChI is InChI=1S/C11H13BrClN5S/c1-2-14-10-16-9(13)17-11(18-10)15-6-5-7-3-4-8(12)19-7/h3-4H,2,5-6H2,1H3,(H2,14,15,16,17,18). The average molecular weight is 363 g/mol. The van der Waals surface area contributed by atoms with Gasteiger partial charge in [-0.1, -0.05) is 0 Å². The number of rotatable bonds is 6. The van der Waals surface area contributed by atoms with Crippen LogP contribution in [0.5, 0.6) is 0 Å². The monoisotopic (exact) mass is 361 g/mol. The lowest BCUT2D eigenvalue weighted by Crippen LogP contribution is -2.10. The summed E-state index contributed by atoms with van der Waals surface area (Å²) < 4.78 is 1.14. The van der Waals surface area contributed by atoms with E-state index in [1.54, 1.807) is 11.3 Å². The molecule has 2 heterocycles. The van der Waals surface area contributed by atoms with Crippen LogP contribution in [0.2, 0.25) is 5.28 Å². The molecule has 102 valence electrons. The van der Waals surface area contributed by atoms with Crippen LogP contribution in [0, 0.1) is 0 Å². The van der Waals surface area contributed by atoms with Crippen LogP contribution in [0.3, 0.4) is 0 Å². The maximum Gasteiger partial charge on any atom is 0.228 e. The minimum absolute atomic E-state index is 0.187. The molecule has 0 atom stereocenters. The van der Waals surface area contributed by atoms with Gasteiger partial charge in [-0.3, -0.25) is 0 Å². The molecule has 0 saturated heterocycles. The van der Waals surface area contributed by atoms with Gasteiger partial charge in [0.2, 0.25) is 17.2 Å². The molecule has 0 aliphatic heterocycles. The van der Waals surface area contributed by atoms with Crippen molar-refractivity contribution in [1.82, 2.24) is 15.0 Å². The largest absolute Gasteiger partial charge is 0.354 e. The fraction of sp³-hybridized carbons (Fsp3) is 0.364. The van der Waals surface area contributed by atoms with E-state index in [1.807, 2.05) is 13.0 Å². The van der Waals surface area contributed by atoms with Crippen LogP contribution in [0.15, 0.2) is 15.9 Å². The van der Waals surface area contributed by atoms with Gasteiger partial charge in [-0.05, 0) is 53.0 Å².